The van der Waals surface area contributed by atoms with Gasteiger partial charge in [0.15, 0.2) is 0 Å². The smallest absolute Gasteiger partial charge is 0.217 e. The van der Waals surface area contributed by atoms with Crippen molar-refractivity contribution in [2.45, 2.75) is 38.6 Å². The number of hydrogen-bond donors (Lipinski definition) is 4. The molecule has 1 atom stereocenters. The highest BCUT2D eigenvalue weighted by molar-refractivity contribution is 5.86. The number of anilines is 1. The van der Waals surface area contributed by atoms with Gasteiger partial charge in [-0.25, -0.2) is 0 Å². The highest BCUT2D eigenvalue weighted by atomic mass is 16.5. The number of benzene rings is 2. The molecule has 30 heavy (non-hydrogen) atoms. The standard InChI is InChI=1S/C24H29N3O3/c1-16(29)26-18-6-9-23-21(14-18)20-8-7-19(15-24(20)27-23)30-13-11-25-22-5-3-2-4-17(22)10-12-28/h2-5,7-8,15,18,25,27-28H,6,9-14H2,1H3,(H,26,29). The zero-order chi connectivity index (χ0) is 20.9. The van der Waals surface area contributed by atoms with Gasteiger partial charge in [0.1, 0.15) is 12.4 Å². The summed E-state index contributed by atoms with van der Waals surface area (Å²) in [7, 11) is 0. The van der Waals surface area contributed by atoms with Crippen LogP contribution in [0, 0.1) is 0 Å². The van der Waals surface area contributed by atoms with Crippen LogP contribution in [0.2, 0.25) is 0 Å². The molecule has 6 heteroatoms. The molecule has 3 aromatic rings. The molecule has 0 saturated carbocycles. The van der Waals surface area contributed by atoms with Crippen LogP contribution in [0.1, 0.15) is 30.2 Å². The SMILES string of the molecule is CC(=O)NC1CCc2[nH]c3cc(OCCNc4ccccc4CCO)ccc3c2C1. The molecular formula is C24H29N3O3. The predicted octanol–water partition coefficient (Wildman–Crippen LogP) is 3.19. The van der Waals surface area contributed by atoms with Crippen molar-refractivity contribution in [2.75, 3.05) is 25.1 Å². The van der Waals surface area contributed by atoms with Gasteiger partial charge < -0.3 is 25.5 Å². The van der Waals surface area contributed by atoms with Crippen LogP contribution in [0.5, 0.6) is 5.75 Å². The number of H-pyrrole nitrogens is 1. The molecule has 0 bridgehead atoms. The van der Waals surface area contributed by atoms with E-state index in [2.05, 4.69) is 27.8 Å². The molecule has 1 aromatic heterocycles. The number of para-hydroxylation sites is 1. The van der Waals surface area contributed by atoms with E-state index in [1.165, 1.54) is 16.6 Å². The summed E-state index contributed by atoms with van der Waals surface area (Å²) >= 11 is 0. The van der Waals surface area contributed by atoms with Crippen molar-refractivity contribution < 1.29 is 14.6 Å². The third-order valence-electron chi connectivity index (χ3n) is 5.65. The van der Waals surface area contributed by atoms with Gasteiger partial charge in [0.05, 0.1) is 0 Å². The summed E-state index contributed by atoms with van der Waals surface area (Å²) in [6, 6.07) is 14.4. The summed E-state index contributed by atoms with van der Waals surface area (Å²) in [6.07, 6.45) is 3.42. The number of fused-ring (bicyclic) bond motifs is 3. The summed E-state index contributed by atoms with van der Waals surface area (Å²) in [6.45, 7) is 2.94. The van der Waals surface area contributed by atoms with Crippen LogP contribution in [0.25, 0.3) is 10.9 Å². The monoisotopic (exact) mass is 407 g/mol. The molecule has 4 rings (SSSR count). The topological polar surface area (TPSA) is 86.4 Å². The minimum Gasteiger partial charge on any atom is -0.492 e. The molecule has 1 aliphatic rings. The lowest BCUT2D eigenvalue weighted by atomic mass is 9.91. The Hall–Kier alpha value is -2.99. The molecule has 0 aliphatic heterocycles. The normalized spacial score (nSPS) is 15.6. The van der Waals surface area contributed by atoms with Gasteiger partial charge in [-0.2, -0.15) is 0 Å². The zero-order valence-electron chi connectivity index (χ0n) is 17.3. The third kappa shape index (κ3) is 4.60. The second-order valence-electron chi connectivity index (χ2n) is 7.84. The largest absolute Gasteiger partial charge is 0.492 e. The van der Waals surface area contributed by atoms with E-state index in [1.54, 1.807) is 6.92 Å². The Morgan fingerprint density at radius 1 is 1.27 bits per heavy atom. The van der Waals surface area contributed by atoms with Crippen molar-refractivity contribution >= 4 is 22.5 Å². The van der Waals surface area contributed by atoms with E-state index in [0.717, 1.165) is 41.8 Å². The number of carbonyl (C=O) groups is 1. The lowest BCUT2D eigenvalue weighted by Crippen LogP contribution is -2.37. The van der Waals surface area contributed by atoms with Crippen LogP contribution in [0.15, 0.2) is 42.5 Å². The van der Waals surface area contributed by atoms with Crippen LogP contribution in [-0.2, 0) is 24.1 Å². The van der Waals surface area contributed by atoms with E-state index in [1.807, 2.05) is 30.3 Å². The number of ether oxygens (including phenoxy) is 1. The molecule has 0 fully saturated rings. The maximum Gasteiger partial charge on any atom is 0.217 e. The van der Waals surface area contributed by atoms with Crippen LogP contribution in [-0.4, -0.2) is 41.8 Å². The highest BCUT2D eigenvalue weighted by Gasteiger charge is 2.23. The summed E-state index contributed by atoms with van der Waals surface area (Å²) in [4.78, 5) is 14.9. The molecule has 2 aromatic carbocycles. The first-order chi connectivity index (χ1) is 14.6. The van der Waals surface area contributed by atoms with Crippen LogP contribution in [0.3, 0.4) is 0 Å². The molecule has 6 nitrogen and oxygen atoms in total. The Morgan fingerprint density at radius 2 is 2.13 bits per heavy atom. The van der Waals surface area contributed by atoms with Gasteiger partial charge in [-0.05, 0) is 55.0 Å². The fourth-order valence-corrected chi connectivity index (χ4v) is 4.29. The molecule has 1 amide bonds. The lowest BCUT2D eigenvalue weighted by molar-refractivity contribution is -0.119. The van der Waals surface area contributed by atoms with E-state index >= 15 is 0 Å². The van der Waals surface area contributed by atoms with E-state index in [0.29, 0.717) is 19.6 Å². The Bertz CT molecular complexity index is 1030. The molecule has 0 spiro atoms. The second kappa shape index (κ2) is 9.22. The molecule has 1 unspecified atom stereocenters. The minimum atomic E-state index is 0.0339. The summed E-state index contributed by atoms with van der Waals surface area (Å²) in [5.74, 6) is 0.872. The van der Waals surface area contributed by atoms with E-state index in [-0.39, 0.29) is 18.6 Å². The summed E-state index contributed by atoms with van der Waals surface area (Å²) < 4.78 is 5.95. The molecule has 1 heterocycles. The van der Waals surface area contributed by atoms with E-state index in [9.17, 15) is 9.90 Å². The van der Waals surface area contributed by atoms with Gasteiger partial charge in [0, 0.05) is 54.5 Å². The van der Waals surface area contributed by atoms with Gasteiger partial charge in [-0.15, -0.1) is 0 Å². The number of amides is 1. The quantitative estimate of drug-likeness (QED) is 0.432. The molecule has 0 radical (unpaired) electrons. The maximum atomic E-state index is 11.4. The number of rotatable bonds is 8. The van der Waals surface area contributed by atoms with E-state index in [4.69, 9.17) is 4.74 Å². The first-order valence-electron chi connectivity index (χ1n) is 10.6. The van der Waals surface area contributed by atoms with Crippen molar-refractivity contribution in [2.24, 2.45) is 0 Å². The first kappa shape index (κ1) is 20.3. The number of carbonyl (C=O) groups excluding carboxylic acids is 1. The maximum absolute atomic E-state index is 11.4. The van der Waals surface area contributed by atoms with E-state index < -0.39 is 0 Å². The molecule has 1 aliphatic carbocycles. The fourth-order valence-electron chi connectivity index (χ4n) is 4.29. The van der Waals surface area contributed by atoms with Crippen molar-refractivity contribution in [3.63, 3.8) is 0 Å². The van der Waals surface area contributed by atoms with Crippen LogP contribution < -0.4 is 15.4 Å². The number of aromatic nitrogens is 1. The van der Waals surface area contributed by atoms with Gasteiger partial charge >= 0.3 is 0 Å². The van der Waals surface area contributed by atoms with Crippen LogP contribution in [0.4, 0.5) is 5.69 Å². The number of aryl methyl sites for hydroxylation is 1. The van der Waals surface area contributed by atoms with Crippen molar-refractivity contribution in [3.8, 4) is 5.75 Å². The predicted molar refractivity (Wildman–Crippen MR) is 119 cm³/mol. The number of aliphatic hydroxyl groups excluding tert-OH is 1. The zero-order valence-corrected chi connectivity index (χ0v) is 17.3. The Kier molecular flexibility index (Phi) is 6.23. The van der Waals surface area contributed by atoms with Crippen LogP contribution >= 0.6 is 0 Å². The summed E-state index contributed by atoms with van der Waals surface area (Å²) in [5.41, 5.74) is 5.81. The van der Waals surface area contributed by atoms with Gasteiger partial charge in [0.2, 0.25) is 5.91 Å². The first-order valence-corrected chi connectivity index (χ1v) is 10.6. The fraction of sp³-hybridized carbons (Fsp3) is 0.375. The number of hydrogen-bond acceptors (Lipinski definition) is 4. The number of nitrogens with one attached hydrogen (secondary N) is 3. The van der Waals surface area contributed by atoms with Gasteiger partial charge in [-0.3, -0.25) is 4.79 Å². The van der Waals surface area contributed by atoms with Crippen molar-refractivity contribution in [3.05, 3.63) is 59.3 Å². The molecular weight excluding hydrogens is 378 g/mol. The molecule has 4 N–H and O–H groups in total. The van der Waals surface area contributed by atoms with Crippen molar-refractivity contribution in [1.29, 1.82) is 0 Å². The lowest BCUT2D eigenvalue weighted by Gasteiger charge is -2.23. The Balaban J connectivity index is 1.37. The molecule has 0 saturated heterocycles. The summed E-state index contributed by atoms with van der Waals surface area (Å²) in [5, 5.41) is 16.8. The average Bonchev–Trinajstić information content (AvgIpc) is 3.09. The van der Waals surface area contributed by atoms with Gasteiger partial charge in [-0.1, -0.05) is 18.2 Å². The Labute approximate surface area is 176 Å². The highest BCUT2D eigenvalue weighted by Crippen LogP contribution is 2.31. The second-order valence-corrected chi connectivity index (χ2v) is 7.84. The number of aliphatic hydroxyl groups is 1. The van der Waals surface area contributed by atoms with Gasteiger partial charge in [0.25, 0.3) is 0 Å². The molecule has 158 valence electrons. The Morgan fingerprint density at radius 3 is 2.97 bits per heavy atom. The number of aromatic amines is 1. The minimum absolute atomic E-state index is 0.0339. The third-order valence-corrected chi connectivity index (χ3v) is 5.65. The average molecular weight is 408 g/mol. The van der Waals surface area contributed by atoms with Crippen molar-refractivity contribution in [1.82, 2.24) is 10.3 Å².